The largest absolute Gasteiger partial charge is 0.338 e. The van der Waals surface area contributed by atoms with Crippen molar-refractivity contribution in [2.24, 2.45) is 17.3 Å². The second-order valence-corrected chi connectivity index (χ2v) is 7.68. The Hall–Kier alpha value is -0.730. The maximum absolute atomic E-state index is 11.8. The molecule has 2 rings (SSSR count). The van der Waals surface area contributed by atoms with Gasteiger partial charge in [-0.05, 0) is 49.4 Å². The summed E-state index contributed by atoms with van der Waals surface area (Å²) in [5.74, 6) is 1.54. The Balaban J connectivity index is 1.51. The van der Waals surface area contributed by atoms with Gasteiger partial charge in [-0.15, -0.1) is 0 Å². The van der Waals surface area contributed by atoms with E-state index >= 15 is 0 Å². The average Bonchev–Trinajstić information content (AvgIpc) is 2.91. The van der Waals surface area contributed by atoms with Crippen molar-refractivity contribution in [1.82, 2.24) is 10.6 Å². The SMILES string of the molecule is CC1(C)CCC(CNC(=O)NCCC2CCCC2)CC1. The quantitative estimate of drug-likeness (QED) is 0.782. The summed E-state index contributed by atoms with van der Waals surface area (Å²) in [6.45, 7) is 6.40. The lowest BCUT2D eigenvalue weighted by Gasteiger charge is -2.34. The number of nitrogens with one attached hydrogen (secondary N) is 2. The Labute approximate surface area is 124 Å². The van der Waals surface area contributed by atoms with Crippen molar-refractivity contribution in [1.29, 1.82) is 0 Å². The standard InChI is InChI=1S/C17H32N2O/c1-17(2)10-7-15(8-11-17)13-19-16(20)18-12-9-14-5-3-4-6-14/h14-15H,3-13H2,1-2H3,(H2,18,19,20). The molecule has 2 saturated carbocycles. The van der Waals surface area contributed by atoms with Gasteiger partial charge in [-0.25, -0.2) is 4.79 Å². The van der Waals surface area contributed by atoms with Crippen molar-refractivity contribution < 1.29 is 4.79 Å². The van der Waals surface area contributed by atoms with Crippen molar-refractivity contribution in [2.45, 2.75) is 71.6 Å². The summed E-state index contributed by atoms with van der Waals surface area (Å²) in [7, 11) is 0. The number of carbonyl (C=O) groups is 1. The first-order valence-electron chi connectivity index (χ1n) is 8.57. The van der Waals surface area contributed by atoms with Gasteiger partial charge in [0.05, 0.1) is 0 Å². The summed E-state index contributed by atoms with van der Waals surface area (Å²) in [6.07, 6.45) is 11.8. The van der Waals surface area contributed by atoms with E-state index in [0.717, 1.165) is 25.4 Å². The van der Waals surface area contributed by atoms with Crippen molar-refractivity contribution in [3.05, 3.63) is 0 Å². The maximum Gasteiger partial charge on any atom is 0.314 e. The molecule has 0 aromatic heterocycles. The highest BCUT2D eigenvalue weighted by Gasteiger charge is 2.26. The van der Waals surface area contributed by atoms with Crippen LogP contribution in [0.5, 0.6) is 0 Å². The van der Waals surface area contributed by atoms with E-state index in [4.69, 9.17) is 0 Å². The minimum absolute atomic E-state index is 0.0350. The molecule has 0 saturated heterocycles. The highest BCUT2D eigenvalue weighted by atomic mass is 16.2. The summed E-state index contributed by atoms with van der Waals surface area (Å²) in [6, 6.07) is 0.0350. The highest BCUT2D eigenvalue weighted by Crippen LogP contribution is 2.37. The van der Waals surface area contributed by atoms with Crippen LogP contribution in [0.4, 0.5) is 4.79 Å². The third-order valence-corrected chi connectivity index (χ3v) is 5.32. The molecule has 0 spiro atoms. The van der Waals surface area contributed by atoms with Crippen LogP contribution >= 0.6 is 0 Å². The Kier molecular flexibility index (Phi) is 5.74. The van der Waals surface area contributed by atoms with E-state index in [-0.39, 0.29) is 6.03 Å². The summed E-state index contributed by atoms with van der Waals surface area (Å²) in [4.78, 5) is 11.8. The molecule has 116 valence electrons. The summed E-state index contributed by atoms with van der Waals surface area (Å²) >= 11 is 0. The summed E-state index contributed by atoms with van der Waals surface area (Å²) in [5.41, 5.74) is 0.514. The fraction of sp³-hybridized carbons (Fsp3) is 0.941. The van der Waals surface area contributed by atoms with E-state index in [0.29, 0.717) is 11.3 Å². The van der Waals surface area contributed by atoms with Crippen LogP contribution in [0.2, 0.25) is 0 Å². The molecule has 3 heteroatoms. The lowest BCUT2D eigenvalue weighted by Crippen LogP contribution is -2.40. The molecule has 20 heavy (non-hydrogen) atoms. The van der Waals surface area contributed by atoms with Crippen molar-refractivity contribution in [3.8, 4) is 0 Å². The monoisotopic (exact) mass is 280 g/mol. The van der Waals surface area contributed by atoms with Gasteiger partial charge in [-0.2, -0.15) is 0 Å². The molecule has 2 fully saturated rings. The van der Waals surface area contributed by atoms with E-state index in [1.807, 2.05) is 0 Å². The molecular formula is C17H32N2O. The van der Waals surface area contributed by atoms with E-state index in [1.165, 1.54) is 51.4 Å². The molecule has 2 amide bonds. The number of carbonyl (C=O) groups excluding carboxylic acids is 1. The minimum atomic E-state index is 0.0350. The number of hydrogen-bond acceptors (Lipinski definition) is 1. The van der Waals surface area contributed by atoms with Crippen molar-refractivity contribution in [2.75, 3.05) is 13.1 Å². The van der Waals surface area contributed by atoms with E-state index < -0.39 is 0 Å². The molecule has 0 aromatic rings. The molecule has 2 aliphatic rings. The first-order chi connectivity index (χ1) is 9.55. The van der Waals surface area contributed by atoms with E-state index in [2.05, 4.69) is 24.5 Å². The molecule has 0 radical (unpaired) electrons. The molecule has 0 bridgehead atoms. The fourth-order valence-electron chi connectivity index (χ4n) is 3.65. The third-order valence-electron chi connectivity index (χ3n) is 5.32. The van der Waals surface area contributed by atoms with Crippen molar-refractivity contribution in [3.63, 3.8) is 0 Å². The van der Waals surface area contributed by atoms with Crippen LogP contribution < -0.4 is 10.6 Å². The highest BCUT2D eigenvalue weighted by molar-refractivity contribution is 5.73. The van der Waals surface area contributed by atoms with Gasteiger partial charge in [-0.3, -0.25) is 0 Å². The number of amides is 2. The average molecular weight is 280 g/mol. The lowest BCUT2D eigenvalue weighted by atomic mass is 9.73. The predicted molar refractivity (Wildman–Crippen MR) is 83.7 cm³/mol. The summed E-state index contributed by atoms with van der Waals surface area (Å²) in [5, 5.41) is 6.07. The van der Waals surface area contributed by atoms with Crippen molar-refractivity contribution >= 4 is 6.03 Å². The maximum atomic E-state index is 11.8. The number of rotatable bonds is 5. The molecule has 2 aliphatic carbocycles. The van der Waals surface area contributed by atoms with Crippen LogP contribution in [0.1, 0.15) is 71.6 Å². The molecule has 0 aliphatic heterocycles. The van der Waals surface area contributed by atoms with Gasteiger partial charge in [0.2, 0.25) is 0 Å². The van der Waals surface area contributed by atoms with E-state index in [1.54, 1.807) is 0 Å². The smallest absolute Gasteiger partial charge is 0.314 e. The first kappa shape index (κ1) is 15.7. The molecule has 0 heterocycles. The topological polar surface area (TPSA) is 41.1 Å². The van der Waals surface area contributed by atoms with Crippen LogP contribution in [0.25, 0.3) is 0 Å². The van der Waals surface area contributed by atoms with Gasteiger partial charge < -0.3 is 10.6 Å². The van der Waals surface area contributed by atoms with Crippen LogP contribution in [0.3, 0.4) is 0 Å². The molecule has 3 nitrogen and oxygen atoms in total. The zero-order chi connectivity index (χ0) is 14.4. The van der Waals surface area contributed by atoms with Gasteiger partial charge in [0.25, 0.3) is 0 Å². The molecule has 2 N–H and O–H groups in total. The zero-order valence-electron chi connectivity index (χ0n) is 13.3. The van der Waals surface area contributed by atoms with Crippen LogP contribution in [-0.2, 0) is 0 Å². The van der Waals surface area contributed by atoms with Gasteiger partial charge in [0.1, 0.15) is 0 Å². The number of urea groups is 1. The molecular weight excluding hydrogens is 248 g/mol. The Morgan fingerprint density at radius 2 is 1.65 bits per heavy atom. The first-order valence-corrected chi connectivity index (χ1v) is 8.57. The summed E-state index contributed by atoms with van der Waals surface area (Å²) < 4.78 is 0. The Morgan fingerprint density at radius 3 is 2.30 bits per heavy atom. The second-order valence-electron chi connectivity index (χ2n) is 7.68. The van der Waals surface area contributed by atoms with Crippen LogP contribution in [0.15, 0.2) is 0 Å². The minimum Gasteiger partial charge on any atom is -0.338 e. The fourth-order valence-corrected chi connectivity index (χ4v) is 3.65. The van der Waals surface area contributed by atoms with Crippen LogP contribution in [-0.4, -0.2) is 19.1 Å². The lowest BCUT2D eigenvalue weighted by molar-refractivity contribution is 0.187. The van der Waals surface area contributed by atoms with E-state index in [9.17, 15) is 4.79 Å². The van der Waals surface area contributed by atoms with Gasteiger partial charge >= 0.3 is 6.03 Å². The molecule has 0 unspecified atom stereocenters. The second kappa shape index (κ2) is 7.33. The third kappa shape index (κ3) is 5.34. The number of hydrogen-bond donors (Lipinski definition) is 2. The molecule has 0 aromatic carbocycles. The van der Waals surface area contributed by atoms with Gasteiger partial charge in [-0.1, -0.05) is 39.5 Å². The van der Waals surface area contributed by atoms with Crippen LogP contribution in [0, 0.1) is 17.3 Å². The predicted octanol–water partition coefficient (Wildman–Crippen LogP) is 4.08. The Bertz CT molecular complexity index is 298. The van der Waals surface area contributed by atoms with Gasteiger partial charge in [0.15, 0.2) is 0 Å². The Morgan fingerprint density at radius 1 is 1.00 bits per heavy atom. The van der Waals surface area contributed by atoms with Gasteiger partial charge in [0, 0.05) is 13.1 Å². The zero-order valence-corrected chi connectivity index (χ0v) is 13.3. The molecule has 0 atom stereocenters. The normalized spacial score (nSPS) is 23.7.